The molecule has 0 spiro atoms. The van der Waals surface area contributed by atoms with E-state index in [4.69, 9.17) is 0 Å². The lowest BCUT2D eigenvalue weighted by Gasteiger charge is -2.18. The Hall–Kier alpha value is -2.73. The maximum atomic E-state index is 13.3. The van der Waals surface area contributed by atoms with Gasteiger partial charge in [0.1, 0.15) is 0 Å². The van der Waals surface area contributed by atoms with Crippen LogP contribution in [0.1, 0.15) is 11.1 Å². The van der Waals surface area contributed by atoms with Crippen molar-refractivity contribution in [3.05, 3.63) is 81.9 Å². The van der Waals surface area contributed by atoms with E-state index in [0.29, 0.717) is 22.3 Å². The van der Waals surface area contributed by atoms with Gasteiger partial charge in [0.15, 0.2) is 29.1 Å². The molecular weight excluding hydrogens is 334 g/mol. The minimum absolute atomic E-state index is 0.271. The standard InChI is InChI=1S/C19H13F4NO/c20-15-3-1-11(7-17(15)22)5-13-9-24-10-14(19(13)25)6-12-2-4-16(21)18(23)8-12/h1-8,24H,9-10H2/b13-5-,14-6-. The van der Waals surface area contributed by atoms with Crippen LogP contribution in [0.25, 0.3) is 12.2 Å². The topological polar surface area (TPSA) is 29.1 Å². The lowest BCUT2D eigenvalue weighted by molar-refractivity contribution is -0.112. The first-order valence-electron chi connectivity index (χ1n) is 7.51. The zero-order chi connectivity index (χ0) is 18.0. The molecule has 0 unspecified atom stereocenters. The molecule has 1 heterocycles. The van der Waals surface area contributed by atoms with Crippen LogP contribution in [0.3, 0.4) is 0 Å². The van der Waals surface area contributed by atoms with E-state index in [1.54, 1.807) is 0 Å². The van der Waals surface area contributed by atoms with Crippen LogP contribution in [-0.2, 0) is 4.79 Å². The third kappa shape index (κ3) is 3.85. The maximum absolute atomic E-state index is 13.3. The fourth-order valence-corrected chi connectivity index (χ4v) is 2.54. The Labute approximate surface area is 141 Å². The summed E-state index contributed by atoms with van der Waals surface area (Å²) in [6.45, 7) is 0.542. The van der Waals surface area contributed by atoms with E-state index in [0.717, 1.165) is 24.3 Å². The molecule has 128 valence electrons. The van der Waals surface area contributed by atoms with E-state index in [1.165, 1.54) is 24.3 Å². The summed E-state index contributed by atoms with van der Waals surface area (Å²) in [6, 6.07) is 6.71. The van der Waals surface area contributed by atoms with Crippen LogP contribution in [0.2, 0.25) is 0 Å². The average molecular weight is 347 g/mol. The highest BCUT2D eigenvalue weighted by Crippen LogP contribution is 2.19. The number of carbonyl (C=O) groups excluding carboxylic acids is 1. The number of piperidine rings is 1. The van der Waals surface area contributed by atoms with Crippen LogP contribution in [0.15, 0.2) is 47.5 Å². The van der Waals surface area contributed by atoms with E-state index < -0.39 is 23.3 Å². The summed E-state index contributed by atoms with van der Waals surface area (Å²) in [5, 5.41) is 3.01. The molecule has 0 amide bonds. The summed E-state index contributed by atoms with van der Waals surface area (Å²) in [4.78, 5) is 12.5. The minimum Gasteiger partial charge on any atom is -0.308 e. The molecule has 0 atom stereocenters. The molecule has 0 saturated carbocycles. The van der Waals surface area contributed by atoms with Gasteiger partial charge in [-0.3, -0.25) is 4.79 Å². The number of nitrogens with one attached hydrogen (secondary N) is 1. The SMILES string of the molecule is O=C1/C(=C\c2ccc(F)c(F)c2)CNC/C1=C/c1ccc(F)c(F)c1. The van der Waals surface area contributed by atoms with Gasteiger partial charge in [0.2, 0.25) is 0 Å². The molecule has 1 fully saturated rings. The quantitative estimate of drug-likeness (QED) is 0.660. The second kappa shape index (κ2) is 7.03. The van der Waals surface area contributed by atoms with Gasteiger partial charge in [0.05, 0.1) is 0 Å². The molecule has 1 N–H and O–H groups in total. The predicted molar refractivity (Wildman–Crippen MR) is 86.5 cm³/mol. The van der Waals surface area contributed by atoms with Gasteiger partial charge in [-0.05, 0) is 47.5 Å². The van der Waals surface area contributed by atoms with Gasteiger partial charge in [-0.2, -0.15) is 0 Å². The molecule has 0 bridgehead atoms. The van der Waals surface area contributed by atoms with Crippen LogP contribution in [0.4, 0.5) is 17.6 Å². The molecule has 1 aliphatic heterocycles. The van der Waals surface area contributed by atoms with Crippen molar-refractivity contribution < 1.29 is 22.4 Å². The summed E-state index contributed by atoms with van der Waals surface area (Å²) in [6.07, 6.45) is 2.94. The van der Waals surface area contributed by atoms with Crippen molar-refractivity contribution in [1.82, 2.24) is 5.32 Å². The van der Waals surface area contributed by atoms with E-state index in [9.17, 15) is 22.4 Å². The number of benzene rings is 2. The highest BCUT2D eigenvalue weighted by Gasteiger charge is 2.20. The van der Waals surface area contributed by atoms with Crippen molar-refractivity contribution in [3.63, 3.8) is 0 Å². The Morgan fingerprint density at radius 3 is 1.56 bits per heavy atom. The molecule has 0 aromatic heterocycles. The molecule has 0 aliphatic carbocycles. The van der Waals surface area contributed by atoms with E-state index in [1.807, 2.05) is 0 Å². The summed E-state index contributed by atoms with van der Waals surface area (Å²) >= 11 is 0. The summed E-state index contributed by atoms with van der Waals surface area (Å²) in [7, 11) is 0. The Balaban J connectivity index is 1.89. The molecule has 2 aromatic rings. The van der Waals surface area contributed by atoms with Gasteiger partial charge in [-0.25, -0.2) is 17.6 Å². The van der Waals surface area contributed by atoms with Gasteiger partial charge in [-0.1, -0.05) is 12.1 Å². The fraction of sp³-hybridized carbons (Fsp3) is 0.105. The molecule has 25 heavy (non-hydrogen) atoms. The Bertz CT molecular complexity index is 831. The summed E-state index contributed by atoms with van der Waals surface area (Å²) < 4.78 is 52.5. The van der Waals surface area contributed by atoms with E-state index in [-0.39, 0.29) is 18.9 Å². The lowest BCUT2D eigenvalue weighted by atomic mass is 9.95. The maximum Gasteiger partial charge on any atom is 0.187 e. The monoisotopic (exact) mass is 347 g/mol. The van der Waals surface area contributed by atoms with Gasteiger partial charge in [-0.15, -0.1) is 0 Å². The molecule has 1 saturated heterocycles. The van der Waals surface area contributed by atoms with Crippen molar-refractivity contribution in [1.29, 1.82) is 0 Å². The van der Waals surface area contributed by atoms with Crippen LogP contribution in [-0.4, -0.2) is 18.9 Å². The molecule has 6 heteroatoms. The fourth-order valence-electron chi connectivity index (χ4n) is 2.54. The predicted octanol–water partition coefficient (Wildman–Crippen LogP) is 3.88. The minimum atomic E-state index is -0.997. The van der Waals surface area contributed by atoms with Crippen LogP contribution >= 0.6 is 0 Å². The highest BCUT2D eigenvalue weighted by atomic mass is 19.2. The van der Waals surface area contributed by atoms with Gasteiger partial charge < -0.3 is 5.32 Å². The first-order valence-corrected chi connectivity index (χ1v) is 7.51. The molecule has 1 aliphatic rings. The van der Waals surface area contributed by atoms with Crippen molar-refractivity contribution in [3.8, 4) is 0 Å². The smallest absolute Gasteiger partial charge is 0.187 e. The first kappa shape index (κ1) is 17.1. The summed E-state index contributed by atoms with van der Waals surface area (Å²) in [5.41, 5.74) is 1.45. The number of rotatable bonds is 2. The van der Waals surface area contributed by atoms with Gasteiger partial charge >= 0.3 is 0 Å². The number of hydrogen-bond donors (Lipinski definition) is 1. The highest BCUT2D eigenvalue weighted by molar-refractivity contribution is 6.14. The lowest BCUT2D eigenvalue weighted by Crippen LogP contribution is -2.32. The van der Waals surface area contributed by atoms with Gasteiger partial charge in [0, 0.05) is 24.2 Å². The third-order valence-electron chi connectivity index (χ3n) is 3.78. The van der Waals surface area contributed by atoms with Crippen LogP contribution in [0, 0.1) is 23.3 Å². The number of carbonyl (C=O) groups is 1. The van der Waals surface area contributed by atoms with Crippen molar-refractivity contribution >= 4 is 17.9 Å². The molecule has 3 rings (SSSR count). The second-order valence-corrected chi connectivity index (χ2v) is 5.62. The van der Waals surface area contributed by atoms with Crippen LogP contribution in [0.5, 0.6) is 0 Å². The molecular formula is C19H13F4NO. The Morgan fingerprint density at radius 1 is 0.720 bits per heavy atom. The van der Waals surface area contributed by atoms with E-state index in [2.05, 4.69) is 5.32 Å². The molecule has 2 aromatic carbocycles. The van der Waals surface area contributed by atoms with Crippen LogP contribution < -0.4 is 5.32 Å². The number of halogens is 4. The largest absolute Gasteiger partial charge is 0.308 e. The average Bonchev–Trinajstić information content (AvgIpc) is 2.58. The summed E-state index contributed by atoms with van der Waals surface area (Å²) in [5.74, 6) is -4.21. The zero-order valence-electron chi connectivity index (χ0n) is 13.0. The number of ketones is 1. The van der Waals surface area contributed by atoms with Gasteiger partial charge in [0.25, 0.3) is 0 Å². The normalized spacial score (nSPS) is 18.2. The Kier molecular flexibility index (Phi) is 4.81. The second-order valence-electron chi connectivity index (χ2n) is 5.62. The first-order chi connectivity index (χ1) is 11.9. The number of hydrogen-bond acceptors (Lipinski definition) is 2. The molecule has 0 radical (unpaired) electrons. The molecule has 2 nitrogen and oxygen atoms in total. The van der Waals surface area contributed by atoms with E-state index >= 15 is 0 Å². The zero-order valence-corrected chi connectivity index (χ0v) is 13.0. The Morgan fingerprint density at radius 2 is 1.16 bits per heavy atom. The number of Topliss-reactive ketones (excluding diaryl/α,β-unsaturated/α-hetero) is 1. The third-order valence-corrected chi connectivity index (χ3v) is 3.78. The van der Waals surface area contributed by atoms with Crippen molar-refractivity contribution in [2.24, 2.45) is 0 Å². The van der Waals surface area contributed by atoms with Crippen molar-refractivity contribution in [2.75, 3.05) is 13.1 Å². The van der Waals surface area contributed by atoms with Crippen molar-refractivity contribution in [2.45, 2.75) is 0 Å².